The Kier molecular flexibility index (Phi) is 6.80. The summed E-state index contributed by atoms with van der Waals surface area (Å²) < 4.78 is 2.02. The third-order valence-corrected chi connectivity index (χ3v) is 3.37. The largest absolute Gasteiger partial charge is 0.382 e. The highest BCUT2D eigenvalue weighted by molar-refractivity contribution is 9.10. The van der Waals surface area contributed by atoms with E-state index in [-0.39, 0.29) is 5.56 Å². The van der Waals surface area contributed by atoms with Crippen LogP contribution in [0.25, 0.3) is 0 Å². The summed E-state index contributed by atoms with van der Waals surface area (Å²) in [5.41, 5.74) is 0.647. The van der Waals surface area contributed by atoms with Gasteiger partial charge in [-0.1, -0.05) is 12.2 Å². The maximum atomic E-state index is 12.1. The van der Waals surface area contributed by atoms with Crippen LogP contribution in [0.5, 0.6) is 0 Å². The lowest BCUT2D eigenvalue weighted by Crippen LogP contribution is -2.29. The lowest BCUT2D eigenvalue weighted by Gasteiger charge is -2.12. The lowest BCUT2D eigenvalue weighted by molar-refractivity contribution is 0.367. The van der Waals surface area contributed by atoms with Gasteiger partial charge < -0.3 is 10.2 Å². The number of rotatable bonds is 7. The monoisotopic (exact) mass is 328 g/mol. The van der Waals surface area contributed by atoms with E-state index in [1.54, 1.807) is 6.20 Å². The van der Waals surface area contributed by atoms with E-state index in [0.29, 0.717) is 11.0 Å². The van der Waals surface area contributed by atoms with Gasteiger partial charge in [-0.2, -0.15) is 5.10 Å². The molecule has 0 saturated carbocycles. The van der Waals surface area contributed by atoms with Crippen molar-refractivity contribution in [2.24, 2.45) is 0 Å². The van der Waals surface area contributed by atoms with Gasteiger partial charge in [0.05, 0.1) is 18.4 Å². The summed E-state index contributed by atoms with van der Waals surface area (Å²) in [7, 11) is 3.94. The van der Waals surface area contributed by atoms with Crippen LogP contribution in [0.3, 0.4) is 0 Å². The van der Waals surface area contributed by atoms with E-state index in [2.05, 4.69) is 32.4 Å². The number of halogens is 1. The SMILES string of the molecule is C/C=C/CCNc1cnn(CCN(C)C)c(=O)c1Br. The van der Waals surface area contributed by atoms with Gasteiger partial charge in [-0.3, -0.25) is 4.79 Å². The molecule has 19 heavy (non-hydrogen) atoms. The maximum Gasteiger partial charge on any atom is 0.283 e. The third-order valence-electron chi connectivity index (χ3n) is 2.61. The molecule has 0 aliphatic rings. The van der Waals surface area contributed by atoms with Crippen LogP contribution >= 0.6 is 15.9 Å². The standard InChI is InChI=1S/C13H21BrN4O/c1-4-5-6-7-15-11-10-16-18(9-8-17(2)3)13(19)12(11)14/h4-5,10,15H,6-9H2,1-3H3/b5-4+. The van der Waals surface area contributed by atoms with Crippen molar-refractivity contribution in [2.45, 2.75) is 19.9 Å². The van der Waals surface area contributed by atoms with Gasteiger partial charge in [0.2, 0.25) is 0 Å². The molecule has 1 aromatic heterocycles. The molecule has 1 N–H and O–H groups in total. The number of nitrogens with one attached hydrogen (secondary N) is 1. The highest BCUT2D eigenvalue weighted by Gasteiger charge is 2.08. The molecule has 0 unspecified atom stereocenters. The maximum absolute atomic E-state index is 12.1. The van der Waals surface area contributed by atoms with Gasteiger partial charge >= 0.3 is 0 Å². The number of aromatic nitrogens is 2. The molecular weight excluding hydrogens is 308 g/mol. The van der Waals surface area contributed by atoms with E-state index in [4.69, 9.17) is 0 Å². The highest BCUT2D eigenvalue weighted by Crippen LogP contribution is 2.15. The van der Waals surface area contributed by atoms with Crippen LogP contribution in [-0.4, -0.2) is 41.9 Å². The Balaban J connectivity index is 2.71. The molecule has 0 aliphatic carbocycles. The van der Waals surface area contributed by atoms with Crippen LogP contribution < -0.4 is 10.9 Å². The zero-order chi connectivity index (χ0) is 14.3. The van der Waals surface area contributed by atoms with Crippen LogP contribution in [0.4, 0.5) is 5.69 Å². The van der Waals surface area contributed by atoms with Gasteiger partial charge in [-0.05, 0) is 43.4 Å². The lowest BCUT2D eigenvalue weighted by atomic mass is 10.3. The number of nitrogens with zero attached hydrogens (tertiary/aromatic N) is 3. The number of hydrogen-bond acceptors (Lipinski definition) is 4. The number of hydrogen-bond donors (Lipinski definition) is 1. The first-order chi connectivity index (χ1) is 9.06. The second-order valence-corrected chi connectivity index (χ2v) is 5.28. The molecule has 106 valence electrons. The molecule has 0 radical (unpaired) electrons. The molecule has 5 nitrogen and oxygen atoms in total. The Hall–Kier alpha value is -1.14. The molecule has 0 atom stereocenters. The van der Waals surface area contributed by atoms with Crippen LogP contribution in [0.15, 0.2) is 27.6 Å². The predicted octanol–water partition coefficient (Wildman–Crippen LogP) is 1.95. The molecule has 0 bridgehead atoms. The van der Waals surface area contributed by atoms with Crippen molar-refractivity contribution >= 4 is 21.6 Å². The fraction of sp³-hybridized carbons (Fsp3) is 0.538. The van der Waals surface area contributed by atoms with E-state index in [1.807, 2.05) is 32.0 Å². The molecule has 0 aromatic carbocycles. The van der Waals surface area contributed by atoms with E-state index in [1.165, 1.54) is 4.68 Å². The first kappa shape index (κ1) is 15.9. The van der Waals surface area contributed by atoms with Gasteiger partial charge in [0, 0.05) is 13.1 Å². The minimum atomic E-state index is -0.0992. The summed E-state index contributed by atoms with van der Waals surface area (Å²) >= 11 is 3.34. The van der Waals surface area contributed by atoms with Crippen LogP contribution in [0.2, 0.25) is 0 Å². The molecule has 1 aromatic rings. The zero-order valence-electron chi connectivity index (χ0n) is 11.7. The Morgan fingerprint density at radius 2 is 2.26 bits per heavy atom. The summed E-state index contributed by atoms with van der Waals surface area (Å²) in [6, 6.07) is 0. The highest BCUT2D eigenvalue weighted by atomic mass is 79.9. The Morgan fingerprint density at radius 3 is 2.89 bits per heavy atom. The summed E-state index contributed by atoms with van der Waals surface area (Å²) in [5, 5.41) is 7.37. The van der Waals surface area contributed by atoms with Crippen molar-refractivity contribution in [1.82, 2.24) is 14.7 Å². The average Bonchev–Trinajstić information content (AvgIpc) is 2.38. The second kappa shape index (κ2) is 8.12. The molecule has 0 fully saturated rings. The Morgan fingerprint density at radius 1 is 1.53 bits per heavy atom. The fourth-order valence-corrected chi connectivity index (χ4v) is 1.95. The van der Waals surface area contributed by atoms with Crippen LogP contribution in [0, 0.1) is 0 Å². The molecule has 0 aliphatic heterocycles. The van der Waals surface area contributed by atoms with Gasteiger partial charge in [-0.15, -0.1) is 0 Å². The molecule has 0 spiro atoms. The van der Waals surface area contributed by atoms with Gasteiger partial charge in [-0.25, -0.2) is 4.68 Å². The number of anilines is 1. The molecule has 1 heterocycles. The molecular formula is C13H21BrN4O. The minimum Gasteiger partial charge on any atom is -0.382 e. The van der Waals surface area contributed by atoms with E-state index in [0.717, 1.165) is 25.2 Å². The van der Waals surface area contributed by atoms with Gasteiger partial charge in [0.15, 0.2) is 0 Å². The molecule has 1 rings (SSSR count). The van der Waals surface area contributed by atoms with Crippen LogP contribution in [0.1, 0.15) is 13.3 Å². The fourth-order valence-electron chi connectivity index (χ4n) is 1.50. The average molecular weight is 329 g/mol. The van der Waals surface area contributed by atoms with Gasteiger partial charge in [0.1, 0.15) is 4.47 Å². The predicted molar refractivity (Wildman–Crippen MR) is 82.7 cm³/mol. The van der Waals surface area contributed by atoms with Crippen molar-refractivity contribution in [3.63, 3.8) is 0 Å². The number of allylic oxidation sites excluding steroid dienone is 1. The molecule has 6 heteroatoms. The quantitative estimate of drug-likeness (QED) is 0.614. The van der Waals surface area contributed by atoms with E-state index >= 15 is 0 Å². The van der Waals surface area contributed by atoms with Crippen molar-refractivity contribution in [3.05, 3.63) is 33.2 Å². The first-order valence-corrected chi connectivity index (χ1v) is 7.11. The van der Waals surface area contributed by atoms with Crippen molar-refractivity contribution in [1.29, 1.82) is 0 Å². The van der Waals surface area contributed by atoms with Crippen molar-refractivity contribution < 1.29 is 0 Å². The zero-order valence-corrected chi connectivity index (χ0v) is 13.3. The summed E-state index contributed by atoms with van der Waals surface area (Å²) in [4.78, 5) is 14.1. The number of likely N-dealkylation sites (N-methyl/N-ethyl adjacent to an activating group) is 1. The summed E-state index contributed by atoms with van der Waals surface area (Å²) in [6.07, 6.45) is 6.70. The van der Waals surface area contributed by atoms with E-state index < -0.39 is 0 Å². The molecule has 0 amide bonds. The summed E-state index contributed by atoms with van der Waals surface area (Å²) in [6.45, 7) is 4.14. The van der Waals surface area contributed by atoms with Crippen LogP contribution in [-0.2, 0) is 6.54 Å². The van der Waals surface area contributed by atoms with Crippen molar-refractivity contribution in [3.8, 4) is 0 Å². The second-order valence-electron chi connectivity index (χ2n) is 4.49. The van der Waals surface area contributed by atoms with Crippen molar-refractivity contribution in [2.75, 3.05) is 32.5 Å². The third kappa shape index (κ3) is 5.16. The Labute approximate surface area is 122 Å². The van der Waals surface area contributed by atoms with E-state index in [9.17, 15) is 4.79 Å². The Bertz CT molecular complexity index is 482. The smallest absolute Gasteiger partial charge is 0.283 e. The first-order valence-electron chi connectivity index (χ1n) is 6.31. The normalized spacial score (nSPS) is 11.4. The van der Waals surface area contributed by atoms with Gasteiger partial charge in [0.25, 0.3) is 5.56 Å². The topological polar surface area (TPSA) is 50.2 Å². The molecule has 0 saturated heterocycles. The summed E-state index contributed by atoms with van der Waals surface area (Å²) in [5.74, 6) is 0. The minimum absolute atomic E-state index is 0.0992.